The number of hydrogen-bond acceptors (Lipinski definition) is 2. The fourth-order valence-electron chi connectivity index (χ4n) is 1.87. The largest absolute Gasteiger partial charge is 0.481 e. The van der Waals surface area contributed by atoms with E-state index < -0.39 is 11.9 Å². The highest BCUT2D eigenvalue weighted by Gasteiger charge is 2.21. The number of nitrogens with zero attached hydrogens (tertiary/aromatic N) is 2. The van der Waals surface area contributed by atoms with Crippen molar-refractivity contribution in [2.45, 2.75) is 12.8 Å². The molecule has 0 spiro atoms. The van der Waals surface area contributed by atoms with Gasteiger partial charge in [0.05, 0.1) is 17.8 Å². The molecule has 1 N–H and O–H groups in total. The van der Waals surface area contributed by atoms with Gasteiger partial charge < -0.3 is 5.11 Å². The number of hydrogen-bond donors (Lipinski definition) is 1. The van der Waals surface area contributed by atoms with Crippen LogP contribution in [0.15, 0.2) is 30.5 Å². The Bertz CT molecular complexity index is 575. The molecule has 5 heteroatoms. The van der Waals surface area contributed by atoms with Crippen LogP contribution in [0.2, 0.25) is 0 Å². The molecule has 18 heavy (non-hydrogen) atoms. The number of aryl methyl sites for hydroxylation is 1. The lowest BCUT2D eigenvalue weighted by Crippen LogP contribution is -2.08. The molecule has 4 nitrogen and oxygen atoms in total. The summed E-state index contributed by atoms with van der Waals surface area (Å²) in [4.78, 5) is 11.0. The fraction of sp³-hybridized carbons (Fsp3) is 0.231. The monoisotopic (exact) mass is 248 g/mol. The second-order valence-electron chi connectivity index (χ2n) is 4.14. The molecule has 94 valence electrons. The highest BCUT2D eigenvalue weighted by Crippen LogP contribution is 2.29. The van der Waals surface area contributed by atoms with E-state index in [1.807, 2.05) is 0 Å². The van der Waals surface area contributed by atoms with Crippen molar-refractivity contribution < 1.29 is 14.3 Å². The maximum absolute atomic E-state index is 12.9. The Morgan fingerprint density at radius 1 is 1.39 bits per heavy atom. The van der Waals surface area contributed by atoms with Crippen molar-refractivity contribution in [2.24, 2.45) is 7.05 Å². The summed E-state index contributed by atoms with van der Waals surface area (Å²) < 4.78 is 14.5. The predicted octanol–water partition coefficient (Wildman–Crippen LogP) is 2.41. The highest BCUT2D eigenvalue weighted by molar-refractivity contribution is 5.79. The maximum atomic E-state index is 12.9. The molecule has 1 unspecified atom stereocenters. The average Bonchev–Trinajstić information content (AvgIpc) is 2.71. The average molecular weight is 248 g/mol. The maximum Gasteiger partial charge on any atom is 0.310 e. The zero-order valence-corrected chi connectivity index (χ0v) is 10.1. The Morgan fingerprint density at radius 2 is 2.00 bits per heavy atom. The van der Waals surface area contributed by atoms with Crippen LogP contribution in [0.1, 0.15) is 18.4 Å². The molecule has 0 saturated heterocycles. The molecule has 0 bridgehead atoms. The van der Waals surface area contributed by atoms with E-state index in [0.717, 1.165) is 5.56 Å². The first-order chi connectivity index (χ1) is 8.50. The van der Waals surface area contributed by atoms with E-state index in [1.54, 1.807) is 30.8 Å². The molecule has 1 atom stereocenters. The van der Waals surface area contributed by atoms with Crippen molar-refractivity contribution in [3.8, 4) is 11.3 Å². The summed E-state index contributed by atoms with van der Waals surface area (Å²) in [6, 6.07) is 5.92. The minimum absolute atomic E-state index is 0.325. The van der Waals surface area contributed by atoms with Gasteiger partial charge in [-0.15, -0.1) is 0 Å². The topological polar surface area (TPSA) is 55.1 Å². The summed E-state index contributed by atoms with van der Waals surface area (Å²) in [5.74, 6) is -1.89. The summed E-state index contributed by atoms with van der Waals surface area (Å²) >= 11 is 0. The van der Waals surface area contributed by atoms with Gasteiger partial charge in [0.25, 0.3) is 0 Å². The van der Waals surface area contributed by atoms with Crippen molar-refractivity contribution in [1.82, 2.24) is 9.78 Å². The molecule has 1 aromatic heterocycles. The molecule has 0 amide bonds. The molecule has 2 aromatic rings. The Morgan fingerprint density at radius 3 is 2.56 bits per heavy atom. The van der Waals surface area contributed by atoms with Gasteiger partial charge in [-0.3, -0.25) is 9.48 Å². The smallest absolute Gasteiger partial charge is 0.310 e. The third-order valence-corrected chi connectivity index (χ3v) is 2.92. The number of rotatable bonds is 3. The number of aromatic nitrogens is 2. The number of carboxylic acids is 1. The van der Waals surface area contributed by atoms with E-state index in [0.29, 0.717) is 11.3 Å². The SMILES string of the molecule is CC(C(=O)O)c1cnn(C)c1-c1ccc(F)cc1. The third kappa shape index (κ3) is 2.11. The van der Waals surface area contributed by atoms with E-state index in [4.69, 9.17) is 5.11 Å². The zero-order valence-electron chi connectivity index (χ0n) is 10.1. The van der Waals surface area contributed by atoms with Crippen LogP contribution < -0.4 is 0 Å². The molecule has 0 aliphatic carbocycles. The van der Waals surface area contributed by atoms with Gasteiger partial charge in [-0.05, 0) is 31.2 Å². The van der Waals surface area contributed by atoms with Gasteiger partial charge in [0.2, 0.25) is 0 Å². The molecular weight excluding hydrogens is 235 g/mol. The van der Waals surface area contributed by atoms with Crippen LogP contribution in [-0.2, 0) is 11.8 Å². The summed E-state index contributed by atoms with van der Waals surface area (Å²) in [5, 5.41) is 13.1. The van der Waals surface area contributed by atoms with Gasteiger partial charge in [0, 0.05) is 18.2 Å². The molecule has 2 rings (SSSR count). The summed E-state index contributed by atoms with van der Waals surface area (Å²) in [6.07, 6.45) is 1.54. The van der Waals surface area contributed by atoms with Crippen molar-refractivity contribution in [3.63, 3.8) is 0 Å². The second kappa shape index (κ2) is 4.60. The number of benzene rings is 1. The molecular formula is C13H13FN2O2. The van der Waals surface area contributed by atoms with Crippen LogP contribution in [-0.4, -0.2) is 20.9 Å². The number of carbonyl (C=O) groups is 1. The lowest BCUT2D eigenvalue weighted by molar-refractivity contribution is -0.138. The minimum atomic E-state index is -0.911. The highest BCUT2D eigenvalue weighted by atomic mass is 19.1. The van der Waals surface area contributed by atoms with Crippen LogP contribution in [0, 0.1) is 5.82 Å². The van der Waals surface area contributed by atoms with Crippen LogP contribution >= 0.6 is 0 Å². The van der Waals surface area contributed by atoms with Crippen molar-refractivity contribution in [2.75, 3.05) is 0 Å². The molecule has 0 fully saturated rings. The van der Waals surface area contributed by atoms with Crippen LogP contribution in [0.5, 0.6) is 0 Å². The van der Waals surface area contributed by atoms with E-state index in [1.165, 1.54) is 18.3 Å². The molecule has 0 aliphatic rings. The van der Waals surface area contributed by atoms with Crippen LogP contribution in [0.4, 0.5) is 4.39 Å². The van der Waals surface area contributed by atoms with Crippen LogP contribution in [0.25, 0.3) is 11.3 Å². The van der Waals surface area contributed by atoms with E-state index in [9.17, 15) is 9.18 Å². The number of aliphatic carboxylic acids is 1. The van der Waals surface area contributed by atoms with Gasteiger partial charge in [-0.25, -0.2) is 4.39 Å². The molecule has 1 heterocycles. The second-order valence-corrected chi connectivity index (χ2v) is 4.14. The van der Waals surface area contributed by atoms with Gasteiger partial charge in [-0.2, -0.15) is 5.10 Å². The predicted molar refractivity (Wildman–Crippen MR) is 64.7 cm³/mol. The van der Waals surface area contributed by atoms with Gasteiger partial charge >= 0.3 is 5.97 Å². The zero-order chi connectivity index (χ0) is 13.3. The number of halogens is 1. The quantitative estimate of drug-likeness (QED) is 0.907. The molecule has 1 aromatic carbocycles. The number of carboxylic acid groups (broad SMARTS) is 1. The molecule has 0 saturated carbocycles. The summed E-state index contributed by atoms with van der Waals surface area (Å²) in [6.45, 7) is 1.60. The van der Waals surface area contributed by atoms with Crippen molar-refractivity contribution in [3.05, 3.63) is 41.8 Å². The van der Waals surface area contributed by atoms with Gasteiger partial charge in [-0.1, -0.05) is 0 Å². The van der Waals surface area contributed by atoms with E-state index in [-0.39, 0.29) is 5.82 Å². The third-order valence-electron chi connectivity index (χ3n) is 2.92. The Kier molecular flexibility index (Phi) is 3.14. The first-order valence-electron chi connectivity index (χ1n) is 5.51. The first kappa shape index (κ1) is 12.3. The van der Waals surface area contributed by atoms with Crippen molar-refractivity contribution >= 4 is 5.97 Å². The summed E-state index contributed by atoms with van der Waals surface area (Å²) in [5.41, 5.74) is 2.07. The molecule has 0 radical (unpaired) electrons. The fourth-order valence-corrected chi connectivity index (χ4v) is 1.87. The van der Waals surface area contributed by atoms with Gasteiger partial charge in [0.1, 0.15) is 5.82 Å². The normalized spacial score (nSPS) is 12.4. The van der Waals surface area contributed by atoms with Gasteiger partial charge in [0.15, 0.2) is 0 Å². The Balaban J connectivity index is 2.53. The Hall–Kier alpha value is -2.17. The lowest BCUT2D eigenvalue weighted by Gasteiger charge is -2.09. The summed E-state index contributed by atoms with van der Waals surface area (Å²) in [7, 11) is 1.73. The Labute approximate surface area is 104 Å². The van der Waals surface area contributed by atoms with E-state index >= 15 is 0 Å². The first-order valence-corrected chi connectivity index (χ1v) is 5.51. The minimum Gasteiger partial charge on any atom is -0.481 e. The van der Waals surface area contributed by atoms with Crippen molar-refractivity contribution in [1.29, 1.82) is 0 Å². The lowest BCUT2D eigenvalue weighted by atomic mass is 9.98. The van der Waals surface area contributed by atoms with Crippen LogP contribution in [0.3, 0.4) is 0 Å². The standard InChI is InChI=1S/C13H13FN2O2/c1-8(13(17)18)11-7-15-16(2)12(11)9-3-5-10(14)6-4-9/h3-8H,1-2H3,(H,17,18). The van der Waals surface area contributed by atoms with E-state index in [2.05, 4.69) is 5.10 Å². The molecule has 0 aliphatic heterocycles.